The van der Waals surface area contributed by atoms with E-state index in [9.17, 15) is 9.18 Å². The number of hydrogen-bond donors (Lipinski definition) is 0. The Balaban J connectivity index is 3.18. The molecular formula is C6H3FINO. The number of halogens is 2. The summed E-state index contributed by atoms with van der Waals surface area (Å²) in [7, 11) is 0. The van der Waals surface area contributed by atoms with Gasteiger partial charge in [0.2, 0.25) is 0 Å². The Morgan fingerprint density at radius 2 is 2.30 bits per heavy atom. The van der Waals surface area contributed by atoms with Gasteiger partial charge in [-0.3, -0.25) is 4.79 Å². The van der Waals surface area contributed by atoms with E-state index in [0.29, 0.717) is 9.99 Å². The molecule has 1 aromatic heterocycles. The molecule has 0 atom stereocenters. The van der Waals surface area contributed by atoms with Crippen molar-refractivity contribution in [3.63, 3.8) is 0 Å². The smallest absolute Gasteiger partial charge is 0.168 e. The van der Waals surface area contributed by atoms with Crippen LogP contribution in [0, 0.1) is 9.52 Å². The predicted octanol–water partition coefficient (Wildman–Crippen LogP) is 1.64. The van der Waals surface area contributed by atoms with Gasteiger partial charge in [-0.1, -0.05) is 0 Å². The first-order chi connectivity index (χ1) is 4.72. The summed E-state index contributed by atoms with van der Waals surface area (Å²) in [6, 6.07) is 2.35. The van der Waals surface area contributed by atoms with E-state index in [0.717, 1.165) is 6.07 Å². The minimum atomic E-state index is -0.429. The molecule has 1 heterocycles. The molecule has 0 radical (unpaired) electrons. The van der Waals surface area contributed by atoms with Crippen LogP contribution in [0.3, 0.4) is 0 Å². The predicted molar refractivity (Wildman–Crippen MR) is 42.3 cm³/mol. The van der Waals surface area contributed by atoms with Crippen molar-refractivity contribution in [3.8, 4) is 0 Å². The molecule has 0 aliphatic carbocycles. The van der Waals surface area contributed by atoms with Gasteiger partial charge in [0, 0.05) is 12.1 Å². The zero-order valence-electron chi connectivity index (χ0n) is 4.84. The summed E-state index contributed by atoms with van der Waals surface area (Å²) in [6.45, 7) is 0. The van der Waals surface area contributed by atoms with Crippen LogP contribution in [0.4, 0.5) is 4.39 Å². The van der Waals surface area contributed by atoms with E-state index >= 15 is 0 Å². The minimum absolute atomic E-state index is 0.129. The van der Waals surface area contributed by atoms with Crippen LogP contribution >= 0.6 is 22.6 Å². The Hall–Kier alpha value is -0.520. The number of rotatable bonds is 1. The van der Waals surface area contributed by atoms with Crippen molar-refractivity contribution in [1.29, 1.82) is 0 Å². The number of hydrogen-bond acceptors (Lipinski definition) is 2. The average molecular weight is 251 g/mol. The third-order valence-corrected chi connectivity index (χ3v) is 1.45. The fourth-order valence-corrected chi connectivity index (χ4v) is 1.12. The van der Waals surface area contributed by atoms with Gasteiger partial charge in [-0.15, -0.1) is 0 Å². The Morgan fingerprint density at radius 3 is 2.80 bits per heavy atom. The third-order valence-electron chi connectivity index (χ3n) is 0.899. The summed E-state index contributed by atoms with van der Waals surface area (Å²) in [5, 5.41) is 0. The molecule has 0 amide bonds. The van der Waals surface area contributed by atoms with Gasteiger partial charge < -0.3 is 0 Å². The Kier molecular flexibility index (Phi) is 2.31. The van der Waals surface area contributed by atoms with E-state index in [1.165, 1.54) is 6.07 Å². The van der Waals surface area contributed by atoms with Crippen molar-refractivity contribution >= 4 is 28.9 Å². The molecule has 0 saturated heterocycles. The molecule has 1 aromatic rings. The van der Waals surface area contributed by atoms with Gasteiger partial charge in [0.25, 0.3) is 0 Å². The van der Waals surface area contributed by atoms with Crippen LogP contribution in [0.1, 0.15) is 10.5 Å². The Morgan fingerprint density at radius 1 is 1.60 bits per heavy atom. The van der Waals surface area contributed by atoms with Gasteiger partial charge in [-0.05, 0) is 22.6 Å². The van der Waals surface area contributed by atoms with E-state index in [4.69, 9.17) is 0 Å². The van der Waals surface area contributed by atoms with E-state index in [1.54, 1.807) is 0 Å². The number of pyridine rings is 1. The molecule has 0 bridgehead atoms. The quantitative estimate of drug-likeness (QED) is 0.431. The lowest BCUT2D eigenvalue weighted by molar-refractivity contribution is 0.111. The molecule has 2 nitrogen and oxygen atoms in total. The van der Waals surface area contributed by atoms with Crippen LogP contribution in [-0.2, 0) is 0 Å². The lowest BCUT2D eigenvalue weighted by atomic mass is 10.4. The second-order valence-electron chi connectivity index (χ2n) is 1.65. The van der Waals surface area contributed by atoms with Crippen molar-refractivity contribution < 1.29 is 9.18 Å². The summed E-state index contributed by atoms with van der Waals surface area (Å²) >= 11 is 1.84. The topological polar surface area (TPSA) is 30.0 Å². The first-order valence-corrected chi connectivity index (χ1v) is 3.58. The molecular weight excluding hydrogens is 248 g/mol. The maximum absolute atomic E-state index is 12.4. The zero-order valence-corrected chi connectivity index (χ0v) is 7.00. The molecule has 0 saturated carbocycles. The molecule has 0 unspecified atom stereocenters. The molecule has 4 heteroatoms. The standard InChI is InChI=1S/C6H3FINO/c7-4-1-5(3-10)9-6(8)2-4/h1-3H. The molecule has 0 fully saturated rings. The number of aldehydes is 1. The molecule has 0 aliphatic rings. The lowest BCUT2D eigenvalue weighted by Crippen LogP contribution is -1.90. The molecule has 0 N–H and O–H groups in total. The van der Waals surface area contributed by atoms with Crippen LogP contribution in [0.5, 0.6) is 0 Å². The van der Waals surface area contributed by atoms with Gasteiger partial charge >= 0.3 is 0 Å². The normalized spacial score (nSPS) is 9.40. The lowest BCUT2D eigenvalue weighted by Gasteiger charge is -1.91. The second kappa shape index (κ2) is 3.05. The van der Waals surface area contributed by atoms with E-state index < -0.39 is 5.82 Å². The van der Waals surface area contributed by atoms with E-state index in [2.05, 4.69) is 4.98 Å². The monoisotopic (exact) mass is 251 g/mol. The summed E-state index contributed by atoms with van der Waals surface area (Å²) in [5.41, 5.74) is 0.129. The fourth-order valence-electron chi connectivity index (χ4n) is 0.545. The van der Waals surface area contributed by atoms with E-state index in [-0.39, 0.29) is 5.69 Å². The highest BCUT2D eigenvalue weighted by Gasteiger charge is 1.97. The second-order valence-corrected chi connectivity index (χ2v) is 2.76. The fraction of sp³-hybridized carbons (Fsp3) is 0. The Labute approximate surface area is 70.6 Å². The SMILES string of the molecule is O=Cc1cc(F)cc(I)n1. The summed E-state index contributed by atoms with van der Waals surface area (Å²) in [6.07, 6.45) is 0.519. The average Bonchev–Trinajstić information content (AvgIpc) is 1.85. The van der Waals surface area contributed by atoms with Crippen molar-refractivity contribution in [2.75, 3.05) is 0 Å². The van der Waals surface area contributed by atoms with Crippen LogP contribution in [0.2, 0.25) is 0 Å². The van der Waals surface area contributed by atoms with Gasteiger partial charge in [-0.25, -0.2) is 9.37 Å². The Bertz CT molecular complexity index is 244. The van der Waals surface area contributed by atoms with Crippen molar-refractivity contribution in [1.82, 2.24) is 4.98 Å². The maximum atomic E-state index is 12.4. The van der Waals surface area contributed by atoms with Crippen molar-refractivity contribution in [3.05, 3.63) is 27.3 Å². The number of carbonyl (C=O) groups is 1. The highest BCUT2D eigenvalue weighted by molar-refractivity contribution is 14.1. The first kappa shape index (κ1) is 7.59. The maximum Gasteiger partial charge on any atom is 0.168 e. The van der Waals surface area contributed by atoms with Crippen LogP contribution in [-0.4, -0.2) is 11.3 Å². The van der Waals surface area contributed by atoms with Gasteiger partial charge in [0.15, 0.2) is 6.29 Å². The number of nitrogens with zero attached hydrogens (tertiary/aromatic N) is 1. The summed E-state index contributed by atoms with van der Waals surface area (Å²) < 4.78 is 12.9. The first-order valence-electron chi connectivity index (χ1n) is 2.50. The van der Waals surface area contributed by atoms with E-state index in [1.807, 2.05) is 22.6 Å². The zero-order chi connectivity index (χ0) is 7.56. The van der Waals surface area contributed by atoms with Crippen LogP contribution in [0.15, 0.2) is 12.1 Å². The third kappa shape index (κ3) is 1.73. The molecule has 0 spiro atoms. The minimum Gasteiger partial charge on any atom is -0.296 e. The molecule has 0 aliphatic heterocycles. The van der Waals surface area contributed by atoms with Crippen LogP contribution < -0.4 is 0 Å². The highest BCUT2D eigenvalue weighted by Crippen LogP contribution is 2.04. The van der Waals surface area contributed by atoms with Crippen LogP contribution in [0.25, 0.3) is 0 Å². The largest absolute Gasteiger partial charge is 0.296 e. The van der Waals surface area contributed by atoms with Gasteiger partial charge in [0.1, 0.15) is 15.2 Å². The molecule has 0 aromatic carbocycles. The summed E-state index contributed by atoms with van der Waals surface area (Å²) in [4.78, 5) is 13.8. The van der Waals surface area contributed by atoms with Gasteiger partial charge in [0.05, 0.1) is 0 Å². The number of carbonyl (C=O) groups excluding carboxylic acids is 1. The molecule has 52 valence electrons. The molecule has 10 heavy (non-hydrogen) atoms. The summed E-state index contributed by atoms with van der Waals surface area (Å²) in [5.74, 6) is -0.429. The number of aromatic nitrogens is 1. The van der Waals surface area contributed by atoms with Gasteiger partial charge in [-0.2, -0.15) is 0 Å². The van der Waals surface area contributed by atoms with Crippen molar-refractivity contribution in [2.24, 2.45) is 0 Å². The van der Waals surface area contributed by atoms with Crippen molar-refractivity contribution in [2.45, 2.75) is 0 Å². The molecule has 1 rings (SSSR count). The highest BCUT2D eigenvalue weighted by atomic mass is 127.